The van der Waals surface area contributed by atoms with E-state index in [0.29, 0.717) is 12.2 Å². The van der Waals surface area contributed by atoms with Crippen LogP contribution in [0.3, 0.4) is 0 Å². The monoisotopic (exact) mass is 515 g/mol. The number of nitrogens with zero attached hydrogens (tertiary/aromatic N) is 1. The number of aliphatic hydroxyl groups is 1. The number of aliphatic hydroxyl groups excluding tert-OH is 1. The molecule has 0 aliphatic heterocycles. The second kappa shape index (κ2) is 12.8. The van der Waals surface area contributed by atoms with Crippen LogP contribution in [0.15, 0.2) is 82.6 Å². The molecule has 0 aromatic heterocycles. The highest BCUT2D eigenvalue weighted by Gasteiger charge is 2.17. The molecule has 9 heteroatoms. The van der Waals surface area contributed by atoms with Crippen molar-refractivity contribution in [3.05, 3.63) is 78.4 Å². The number of sulfonamides is 1. The predicted molar refractivity (Wildman–Crippen MR) is 144 cm³/mol. The van der Waals surface area contributed by atoms with E-state index in [1.165, 1.54) is 11.8 Å². The van der Waals surface area contributed by atoms with E-state index >= 15 is 0 Å². The second-order valence-electron chi connectivity index (χ2n) is 8.22. The Morgan fingerprint density at radius 1 is 1.00 bits per heavy atom. The van der Waals surface area contributed by atoms with Gasteiger partial charge in [0.1, 0.15) is 5.75 Å². The number of anilines is 2. The fourth-order valence-corrected chi connectivity index (χ4v) is 5.30. The number of phenolic OH excluding ortho intramolecular Hbond substituents is 1. The third-order valence-corrected chi connectivity index (χ3v) is 7.78. The van der Waals surface area contributed by atoms with E-state index in [0.717, 1.165) is 42.1 Å². The van der Waals surface area contributed by atoms with Crippen molar-refractivity contribution in [3.8, 4) is 5.75 Å². The van der Waals surface area contributed by atoms with Crippen molar-refractivity contribution in [2.45, 2.75) is 28.7 Å². The third kappa shape index (κ3) is 7.63. The van der Waals surface area contributed by atoms with Crippen LogP contribution >= 0.6 is 11.8 Å². The van der Waals surface area contributed by atoms with Crippen LogP contribution in [0.1, 0.15) is 24.5 Å². The van der Waals surface area contributed by atoms with E-state index in [-0.39, 0.29) is 10.6 Å². The maximum Gasteiger partial charge on any atom is 0.261 e. The number of nitrogens with one attached hydrogen (secondary N) is 2. The van der Waals surface area contributed by atoms with Crippen molar-refractivity contribution in [2.24, 2.45) is 0 Å². The van der Waals surface area contributed by atoms with Crippen LogP contribution < -0.4 is 14.9 Å². The largest absolute Gasteiger partial charge is 0.507 e. The average Bonchev–Trinajstić information content (AvgIpc) is 2.86. The summed E-state index contributed by atoms with van der Waals surface area (Å²) in [6.45, 7) is 1.93. The Bertz CT molecular complexity index is 1190. The minimum absolute atomic E-state index is 0.222. The standard InChI is InChI=1S/C26H33N3O4S2/c1-29(17-9-8-16-27-19-25(31)20-14-15-24(30)26(18-20)34-2)23-13-7-6-12-22(23)28-35(32,33)21-10-4-3-5-11-21/h3-7,10-15,18,25,27-28,30-31H,8-9,16-17,19H2,1-2H3. The van der Waals surface area contributed by atoms with Gasteiger partial charge >= 0.3 is 0 Å². The minimum atomic E-state index is -3.67. The molecule has 7 nitrogen and oxygen atoms in total. The summed E-state index contributed by atoms with van der Waals surface area (Å²) in [6.07, 6.45) is 3.04. The molecule has 0 amide bonds. The molecule has 0 fully saturated rings. The molecule has 0 saturated heterocycles. The number of phenols is 1. The van der Waals surface area contributed by atoms with Crippen molar-refractivity contribution in [3.63, 3.8) is 0 Å². The van der Waals surface area contributed by atoms with Gasteiger partial charge in [0, 0.05) is 25.0 Å². The number of unbranched alkanes of at least 4 members (excludes halogenated alkanes) is 1. The van der Waals surface area contributed by atoms with Gasteiger partial charge in [0.25, 0.3) is 10.0 Å². The smallest absolute Gasteiger partial charge is 0.261 e. The lowest BCUT2D eigenvalue weighted by atomic mass is 10.1. The number of aromatic hydroxyl groups is 1. The maximum atomic E-state index is 12.7. The third-order valence-electron chi connectivity index (χ3n) is 5.64. The van der Waals surface area contributed by atoms with Gasteiger partial charge in [-0.05, 0) is 67.6 Å². The molecule has 0 spiro atoms. The molecule has 0 saturated carbocycles. The molecule has 4 N–H and O–H groups in total. The summed E-state index contributed by atoms with van der Waals surface area (Å²) in [4.78, 5) is 3.01. The van der Waals surface area contributed by atoms with Gasteiger partial charge in [-0.15, -0.1) is 11.8 Å². The van der Waals surface area contributed by atoms with Crippen LogP contribution in [0.5, 0.6) is 5.75 Å². The van der Waals surface area contributed by atoms with Gasteiger partial charge in [0.15, 0.2) is 0 Å². The SMILES string of the molecule is CSc1cc(C(O)CNCCCCN(C)c2ccccc2NS(=O)(=O)c2ccccc2)ccc1O. The molecule has 0 heterocycles. The lowest BCUT2D eigenvalue weighted by molar-refractivity contribution is 0.174. The molecule has 0 aliphatic carbocycles. The lowest BCUT2D eigenvalue weighted by Crippen LogP contribution is -2.25. The number of benzene rings is 3. The van der Waals surface area contributed by atoms with Gasteiger partial charge in [0.2, 0.25) is 0 Å². The van der Waals surface area contributed by atoms with Crippen LogP contribution in [0.25, 0.3) is 0 Å². The fourth-order valence-electron chi connectivity index (χ4n) is 3.67. The summed E-state index contributed by atoms with van der Waals surface area (Å²) in [5.74, 6) is 0.222. The van der Waals surface area contributed by atoms with Gasteiger partial charge in [-0.25, -0.2) is 8.42 Å². The molecule has 188 valence electrons. The Balaban J connectivity index is 1.46. The quantitative estimate of drug-likeness (QED) is 0.197. The van der Waals surface area contributed by atoms with Crippen molar-refractivity contribution in [1.82, 2.24) is 5.32 Å². The number of rotatable bonds is 13. The molecule has 1 atom stereocenters. The highest BCUT2D eigenvalue weighted by atomic mass is 32.2. The van der Waals surface area contributed by atoms with Crippen LogP contribution in [0.2, 0.25) is 0 Å². The zero-order valence-electron chi connectivity index (χ0n) is 20.0. The van der Waals surface area contributed by atoms with Crippen molar-refractivity contribution < 1.29 is 18.6 Å². The Labute approximate surface area is 212 Å². The molecule has 0 aliphatic rings. The van der Waals surface area contributed by atoms with Gasteiger partial charge in [-0.1, -0.05) is 36.4 Å². The average molecular weight is 516 g/mol. The van der Waals surface area contributed by atoms with E-state index in [2.05, 4.69) is 10.0 Å². The number of hydrogen-bond donors (Lipinski definition) is 4. The van der Waals surface area contributed by atoms with Crippen LogP contribution in [0.4, 0.5) is 11.4 Å². The van der Waals surface area contributed by atoms with Gasteiger partial charge < -0.3 is 20.4 Å². The fraction of sp³-hybridized carbons (Fsp3) is 0.308. The van der Waals surface area contributed by atoms with Crippen LogP contribution in [-0.4, -0.2) is 51.6 Å². The summed E-state index contributed by atoms with van der Waals surface area (Å²) in [7, 11) is -1.72. The van der Waals surface area contributed by atoms with Gasteiger partial charge in [-0.2, -0.15) is 0 Å². The maximum absolute atomic E-state index is 12.7. The number of thioether (sulfide) groups is 1. The number of para-hydroxylation sites is 2. The van der Waals surface area contributed by atoms with E-state index in [1.807, 2.05) is 42.5 Å². The molecule has 0 radical (unpaired) electrons. The highest BCUT2D eigenvalue weighted by molar-refractivity contribution is 7.98. The molecule has 0 bridgehead atoms. The second-order valence-corrected chi connectivity index (χ2v) is 10.7. The molecule has 3 aromatic rings. The summed E-state index contributed by atoms with van der Waals surface area (Å²) >= 11 is 1.44. The highest BCUT2D eigenvalue weighted by Crippen LogP contribution is 2.29. The normalized spacial score (nSPS) is 12.3. The Hall–Kier alpha value is -2.72. The van der Waals surface area contributed by atoms with Crippen molar-refractivity contribution in [2.75, 3.05) is 42.6 Å². The first-order valence-corrected chi connectivity index (χ1v) is 14.2. The van der Waals surface area contributed by atoms with Gasteiger partial charge in [-0.3, -0.25) is 4.72 Å². The summed E-state index contributed by atoms with van der Waals surface area (Å²) in [5.41, 5.74) is 2.12. The summed E-state index contributed by atoms with van der Waals surface area (Å²) in [6, 6.07) is 20.8. The first kappa shape index (κ1) is 26.9. The first-order chi connectivity index (χ1) is 16.8. The van der Waals surface area contributed by atoms with Crippen molar-refractivity contribution >= 4 is 33.2 Å². The summed E-state index contributed by atoms with van der Waals surface area (Å²) < 4.78 is 28.2. The Morgan fingerprint density at radius 2 is 1.71 bits per heavy atom. The molecule has 1 unspecified atom stereocenters. The van der Waals surface area contributed by atoms with E-state index in [4.69, 9.17) is 0 Å². The van der Waals surface area contributed by atoms with E-state index in [9.17, 15) is 18.6 Å². The van der Waals surface area contributed by atoms with Crippen LogP contribution in [-0.2, 0) is 10.0 Å². The topological polar surface area (TPSA) is 102 Å². The van der Waals surface area contributed by atoms with Crippen LogP contribution in [0, 0.1) is 0 Å². The zero-order valence-corrected chi connectivity index (χ0v) is 21.6. The molecule has 35 heavy (non-hydrogen) atoms. The molecule has 3 rings (SSSR count). The van der Waals surface area contributed by atoms with Gasteiger partial charge in [0.05, 0.1) is 22.4 Å². The summed E-state index contributed by atoms with van der Waals surface area (Å²) in [5, 5.41) is 23.5. The minimum Gasteiger partial charge on any atom is -0.507 e. The number of hydrogen-bond acceptors (Lipinski definition) is 7. The predicted octanol–water partition coefficient (Wildman–Crippen LogP) is 4.45. The Kier molecular flexibility index (Phi) is 9.85. The molecule has 3 aromatic carbocycles. The Morgan fingerprint density at radius 3 is 2.46 bits per heavy atom. The first-order valence-electron chi connectivity index (χ1n) is 11.5. The molecular formula is C26H33N3O4S2. The van der Waals surface area contributed by atoms with E-state index in [1.54, 1.807) is 48.5 Å². The molecular weight excluding hydrogens is 482 g/mol. The lowest BCUT2D eigenvalue weighted by Gasteiger charge is -2.23. The van der Waals surface area contributed by atoms with E-state index < -0.39 is 16.1 Å². The van der Waals surface area contributed by atoms with Crippen molar-refractivity contribution in [1.29, 1.82) is 0 Å². The zero-order chi connectivity index (χ0) is 25.3.